The highest BCUT2D eigenvalue weighted by Crippen LogP contribution is 2.23. The van der Waals surface area contributed by atoms with E-state index in [4.69, 9.17) is 0 Å². The monoisotopic (exact) mass is 286 g/mol. The normalized spacial score (nSPS) is 23.4. The van der Waals surface area contributed by atoms with Crippen molar-refractivity contribution in [3.05, 3.63) is 12.7 Å². The molecule has 1 aliphatic carbocycles. The summed E-state index contributed by atoms with van der Waals surface area (Å²) >= 11 is 1.75. The number of carbonyl (C=O) groups is 1. The summed E-state index contributed by atoms with van der Waals surface area (Å²) in [7, 11) is 0. The van der Waals surface area contributed by atoms with Crippen LogP contribution in [-0.4, -0.2) is 41.8 Å². The van der Waals surface area contributed by atoms with Gasteiger partial charge in [-0.15, -0.1) is 6.58 Å². The molecule has 0 aromatic heterocycles. The number of urea groups is 1. The molecule has 0 aromatic carbocycles. The second-order valence-corrected chi connectivity index (χ2v) is 6.10. The lowest BCUT2D eigenvalue weighted by Gasteiger charge is -2.24. The zero-order chi connectivity index (χ0) is 13.9. The van der Waals surface area contributed by atoms with Gasteiger partial charge in [-0.1, -0.05) is 25.3 Å². The van der Waals surface area contributed by atoms with Gasteiger partial charge in [0.25, 0.3) is 0 Å². The maximum absolute atomic E-state index is 11.8. The highest BCUT2D eigenvalue weighted by atomic mass is 32.2. The van der Waals surface area contributed by atoms with Gasteiger partial charge in [0.15, 0.2) is 0 Å². The Bertz CT molecular complexity index is 274. The molecule has 0 radical (unpaired) electrons. The fourth-order valence-electron chi connectivity index (χ4n) is 2.42. The summed E-state index contributed by atoms with van der Waals surface area (Å²) in [5.74, 6) is 2.02. The van der Waals surface area contributed by atoms with E-state index in [0.29, 0.717) is 6.54 Å². The van der Waals surface area contributed by atoms with Gasteiger partial charge in [-0.05, 0) is 12.8 Å². The summed E-state index contributed by atoms with van der Waals surface area (Å²) in [6.07, 6.45) is 7.34. The van der Waals surface area contributed by atoms with Crippen LogP contribution in [0.2, 0.25) is 0 Å². The number of thioether (sulfide) groups is 1. The molecule has 2 unspecified atom stereocenters. The van der Waals surface area contributed by atoms with Gasteiger partial charge in [0.1, 0.15) is 0 Å². The van der Waals surface area contributed by atoms with Crippen molar-refractivity contribution in [2.24, 2.45) is 5.92 Å². The highest BCUT2D eigenvalue weighted by molar-refractivity contribution is 7.99. The molecule has 110 valence electrons. The third-order valence-corrected chi connectivity index (χ3v) is 4.44. The molecule has 0 aliphatic heterocycles. The summed E-state index contributed by atoms with van der Waals surface area (Å²) < 4.78 is 0. The van der Waals surface area contributed by atoms with Crippen LogP contribution in [0.5, 0.6) is 0 Å². The molecule has 0 saturated heterocycles. The largest absolute Gasteiger partial charge is 0.396 e. The van der Waals surface area contributed by atoms with Crippen LogP contribution in [0.15, 0.2) is 12.7 Å². The Kier molecular flexibility index (Phi) is 8.75. The molecular weight excluding hydrogens is 260 g/mol. The van der Waals surface area contributed by atoms with E-state index in [0.717, 1.165) is 37.2 Å². The Labute approximate surface area is 120 Å². The summed E-state index contributed by atoms with van der Waals surface area (Å²) in [6.45, 7) is 4.49. The van der Waals surface area contributed by atoms with Gasteiger partial charge in [-0.25, -0.2) is 4.79 Å². The smallest absolute Gasteiger partial charge is 0.315 e. The number of aliphatic hydroxyl groups excluding tert-OH is 1. The minimum Gasteiger partial charge on any atom is -0.396 e. The van der Waals surface area contributed by atoms with Crippen molar-refractivity contribution in [2.45, 2.75) is 38.1 Å². The quantitative estimate of drug-likeness (QED) is 0.382. The lowest BCUT2D eigenvalue weighted by Crippen LogP contribution is -2.46. The number of hydrogen-bond acceptors (Lipinski definition) is 3. The number of amides is 2. The van der Waals surface area contributed by atoms with Gasteiger partial charge in [-0.2, -0.15) is 11.8 Å². The Balaban J connectivity index is 2.23. The van der Waals surface area contributed by atoms with E-state index < -0.39 is 0 Å². The Morgan fingerprint density at radius 2 is 2.16 bits per heavy atom. The molecule has 3 N–H and O–H groups in total. The summed E-state index contributed by atoms with van der Waals surface area (Å²) in [6, 6.07) is 0.0119. The summed E-state index contributed by atoms with van der Waals surface area (Å²) in [5, 5.41) is 15.3. The van der Waals surface area contributed by atoms with E-state index in [1.807, 2.05) is 6.08 Å². The van der Waals surface area contributed by atoms with Crippen molar-refractivity contribution in [2.75, 3.05) is 24.7 Å². The van der Waals surface area contributed by atoms with Crippen LogP contribution in [0.3, 0.4) is 0 Å². The van der Waals surface area contributed by atoms with Crippen molar-refractivity contribution in [1.82, 2.24) is 10.6 Å². The van der Waals surface area contributed by atoms with Gasteiger partial charge in [0.05, 0.1) is 0 Å². The van der Waals surface area contributed by atoms with Crippen LogP contribution in [0.25, 0.3) is 0 Å². The first kappa shape index (κ1) is 16.4. The Hall–Kier alpha value is -0.680. The molecule has 5 heteroatoms. The molecule has 2 amide bonds. The van der Waals surface area contributed by atoms with Gasteiger partial charge in [0.2, 0.25) is 0 Å². The second-order valence-electron chi connectivity index (χ2n) is 4.95. The molecule has 4 nitrogen and oxygen atoms in total. The standard InChI is InChI=1S/C14H26N2O2S/c1-2-9-19-10-8-15-14(18)16-13-7-5-3-4-6-12(13)11-17/h2,12-13,17H,1,3-11H2,(H2,15,16,18). The van der Waals surface area contributed by atoms with E-state index in [1.165, 1.54) is 6.42 Å². The first-order valence-electron chi connectivity index (χ1n) is 7.11. The van der Waals surface area contributed by atoms with Gasteiger partial charge < -0.3 is 15.7 Å². The van der Waals surface area contributed by atoms with Crippen molar-refractivity contribution >= 4 is 17.8 Å². The van der Waals surface area contributed by atoms with Crippen molar-refractivity contribution < 1.29 is 9.90 Å². The topological polar surface area (TPSA) is 61.4 Å². The van der Waals surface area contributed by atoms with Crippen LogP contribution >= 0.6 is 11.8 Å². The minimum absolute atomic E-state index is 0.107. The first-order valence-corrected chi connectivity index (χ1v) is 8.27. The van der Waals surface area contributed by atoms with Crippen molar-refractivity contribution in [1.29, 1.82) is 0 Å². The fraction of sp³-hybridized carbons (Fsp3) is 0.786. The number of aliphatic hydroxyl groups is 1. The van der Waals surface area contributed by atoms with E-state index in [9.17, 15) is 9.90 Å². The second kappa shape index (κ2) is 10.1. The lowest BCUT2D eigenvalue weighted by molar-refractivity contribution is 0.179. The molecule has 1 saturated carbocycles. The average molecular weight is 286 g/mol. The number of hydrogen-bond donors (Lipinski definition) is 3. The van der Waals surface area contributed by atoms with Crippen LogP contribution in [-0.2, 0) is 0 Å². The van der Waals surface area contributed by atoms with Crippen molar-refractivity contribution in [3.63, 3.8) is 0 Å². The molecule has 19 heavy (non-hydrogen) atoms. The predicted octanol–water partition coefficient (Wildman–Crippen LogP) is 2.15. The van der Waals surface area contributed by atoms with Gasteiger partial charge >= 0.3 is 6.03 Å². The van der Waals surface area contributed by atoms with Crippen LogP contribution < -0.4 is 10.6 Å². The predicted molar refractivity (Wildman–Crippen MR) is 81.5 cm³/mol. The zero-order valence-electron chi connectivity index (χ0n) is 11.6. The van der Waals surface area contributed by atoms with Gasteiger partial charge in [-0.3, -0.25) is 0 Å². The molecule has 2 atom stereocenters. The number of carbonyl (C=O) groups excluding carboxylic acids is 1. The first-order chi connectivity index (χ1) is 9.27. The molecule has 1 rings (SSSR count). The van der Waals surface area contributed by atoms with Crippen molar-refractivity contribution in [3.8, 4) is 0 Å². The average Bonchev–Trinajstić information content (AvgIpc) is 2.63. The van der Waals surface area contributed by atoms with Crippen LogP contribution in [0.1, 0.15) is 32.1 Å². The van der Waals surface area contributed by atoms with Gasteiger partial charge in [0, 0.05) is 36.6 Å². The van der Waals surface area contributed by atoms with E-state index in [-0.39, 0.29) is 24.6 Å². The molecule has 1 fully saturated rings. The summed E-state index contributed by atoms with van der Waals surface area (Å²) in [4.78, 5) is 11.8. The molecular formula is C14H26N2O2S. The maximum atomic E-state index is 11.8. The number of rotatable bonds is 7. The third-order valence-electron chi connectivity index (χ3n) is 3.48. The minimum atomic E-state index is -0.107. The summed E-state index contributed by atoms with van der Waals surface area (Å²) in [5.41, 5.74) is 0. The molecule has 0 heterocycles. The van der Waals surface area contributed by atoms with E-state index >= 15 is 0 Å². The SMILES string of the molecule is C=CCSCCNC(=O)NC1CCCCCC1CO. The Morgan fingerprint density at radius 3 is 2.89 bits per heavy atom. The zero-order valence-corrected chi connectivity index (χ0v) is 12.4. The Morgan fingerprint density at radius 1 is 1.37 bits per heavy atom. The molecule has 0 bridgehead atoms. The number of nitrogens with one attached hydrogen (secondary N) is 2. The van der Waals surface area contributed by atoms with E-state index in [2.05, 4.69) is 17.2 Å². The van der Waals surface area contributed by atoms with Crippen LogP contribution in [0, 0.1) is 5.92 Å². The lowest BCUT2D eigenvalue weighted by atomic mass is 9.96. The third kappa shape index (κ3) is 6.87. The molecule has 0 aromatic rings. The van der Waals surface area contributed by atoms with E-state index in [1.54, 1.807) is 11.8 Å². The maximum Gasteiger partial charge on any atom is 0.315 e. The highest BCUT2D eigenvalue weighted by Gasteiger charge is 2.24. The van der Waals surface area contributed by atoms with Crippen LogP contribution in [0.4, 0.5) is 4.79 Å². The fourth-order valence-corrected chi connectivity index (χ4v) is 3.00. The molecule has 1 aliphatic rings. The molecule has 0 spiro atoms.